The van der Waals surface area contributed by atoms with Crippen molar-refractivity contribution in [2.45, 2.75) is 17.7 Å². The quantitative estimate of drug-likeness (QED) is 0.662. The maximum atomic E-state index is 12.5. The number of halogens is 1. The number of amides is 3. The summed E-state index contributed by atoms with van der Waals surface area (Å²) < 4.78 is 0. The third-order valence-corrected chi connectivity index (χ3v) is 5.39. The predicted molar refractivity (Wildman–Crippen MR) is 107 cm³/mol. The van der Waals surface area contributed by atoms with Crippen molar-refractivity contribution in [2.75, 3.05) is 17.2 Å². The smallest absolute Gasteiger partial charge is 0.273 e. The van der Waals surface area contributed by atoms with E-state index in [1.165, 1.54) is 18.2 Å². The molecule has 1 aliphatic heterocycles. The molecule has 0 aliphatic carbocycles. The summed E-state index contributed by atoms with van der Waals surface area (Å²) in [7, 11) is 0. The van der Waals surface area contributed by atoms with Gasteiger partial charge in [-0.3, -0.25) is 25.2 Å². The Balaban J connectivity index is 1.50. The molecular weight excluding hydrogens is 402 g/mol. The number of thioether (sulfide) groups is 1. The van der Waals surface area contributed by atoms with E-state index in [0.29, 0.717) is 6.54 Å². The van der Waals surface area contributed by atoms with Gasteiger partial charge in [0.25, 0.3) is 5.91 Å². The number of phenols is 1. The zero-order valence-electron chi connectivity index (χ0n) is 14.8. The number of phenolic OH excluding ortho intramolecular Hbond substituents is 1. The van der Waals surface area contributed by atoms with Gasteiger partial charge in [-0.25, -0.2) is 0 Å². The Bertz CT molecular complexity index is 922. The Hall–Kier alpha value is -2.71. The van der Waals surface area contributed by atoms with Gasteiger partial charge in [-0.05, 0) is 30.3 Å². The highest BCUT2D eigenvalue weighted by Crippen LogP contribution is 2.34. The summed E-state index contributed by atoms with van der Waals surface area (Å²) in [5.41, 5.74) is 5.23. The molecule has 0 atom stereocenters. The summed E-state index contributed by atoms with van der Waals surface area (Å²) in [5, 5.41) is 9.96. The second kappa shape index (κ2) is 8.99. The average molecular weight is 420 g/mol. The highest BCUT2D eigenvalue weighted by molar-refractivity contribution is 7.99. The molecule has 0 radical (unpaired) electrons. The number of hydrazine groups is 1. The summed E-state index contributed by atoms with van der Waals surface area (Å²) in [4.78, 5) is 39.2. The molecule has 0 spiro atoms. The van der Waals surface area contributed by atoms with Crippen molar-refractivity contribution >= 4 is 46.8 Å². The van der Waals surface area contributed by atoms with Crippen LogP contribution in [0, 0.1) is 0 Å². The summed E-state index contributed by atoms with van der Waals surface area (Å²) in [6.07, 6.45) is -0.0599. The van der Waals surface area contributed by atoms with Crippen molar-refractivity contribution in [3.8, 4) is 5.75 Å². The van der Waals surface area contributed by atoms with E-state index in [9.17, 15) is 19.5 Å². The lowest BCUT2D eigenvalue weighted by atomic mass is 10.2. The second-order valence-corrected chi connectivity index (χ2v) is 7.60. The third kappa shape index (κ3) is 4.76. The van der Waals surface area contributed by atoms with E-state index < -0.39 is 11.8 Å². The Morgan fingerprint density at radius 2 is 1.89 bits per heavy atom. The summed E-state index contributed by atoms with van der Waals surface area (Å²) >= 11 is 7.49. The number of nitrogens with zero attached hydrogens (tertiary/aromatic N) is 1. The normalized spacial score (nSPS) is 12.8. The minimum atomic E-state index is -0.707. The molecule has 2 aromatic carbocycles. The van der Waals surface area contributed by atoms with Crippen molar-refractivity contribution in [1.82, 2.24) is 10.9 Å². The lowest BCUT2D eigenvalue weighted by Gasteiger charge is -2.29. The molecule has 0 saturated heterocycles. The Labute approximate surface area is 171 Å². The van der Waals surface area contributed by atoms with E-state index in [0.717, 1.165) is 16.3 Å². The minimum absolute atomic E-state index is 0.0170. The summed E-state index contributed by atoms with van der Waals surface area (Å²) in [6, 6.07) is 11.7. The maximum absolute atomic E-state index is 12.5. The summed E-state index contributed by atoms with van der Waals surface area (Å²) in [5.74, 6) is -0.826. The third-order valence-electron chi connectivity index (χ3n) is 4.11. The van der Waals surface area contributed by atoms with Crippen molar-refractivity contribution in [3.05, 3.63) is 53.1 Å². The monoisotopic (exact) mass is 419 g/mol. The van der Waals surface area contributed by atoms with Crippen LogP contribution in [0.2, 0.25) is 5.02 Å². The van der Waals surface area contributed by atoms with Crippen LogP contribution in [-0.2, 0) is 9.59 Å². The fourth-order valence-corrected chi connectivity index (χ4v) is 3.90. The zero-order valence-corrected chi connectivity index (χ0v) is 16.3. The molecule has 0 bridgehead atoms. The van der Waals surface area contributed by atoms with Crippen LogP contribution in [0.4, 0.5) is 5.69 Å². The van der Waals surface area contributed by atoms with Gasteiger partial charge < -0.3 is 10.0 Å². The fourth-order valence-electron chi connectivity index (χ4n) is 2.73. The first-order valence-electron chi connectivity index (χ1n) is 8.55. The molecule has 3 rings (SSSR count). The highest BCUT2D eigenvalue weighted by Gasteiger charge is 2.23. The zero-order chi connectivity index (χ0) is 20.1. The van der Waals surface area contributed by atoms with Gasteiger partial charge >= 0.3 is 0 Å². The van der Waals surface area contributed by atoms with Crippen LogP contribution in [0.3, 0.4) is 0 Å². The number of rotatable bonds is 4. The van der Waals surface area contributed by atoms with E-state index in [1.807, 2.05) is 24.3 Å². The van der Waals surface area contributed by atoms with Crippen LogP contribution < -0.4 is 15.8 Å². The van der Waals surface area contributed by atoms with Crippen LogP contribution >= 0.6 is 23.4 Å². The first-order chi connectivity index (χ1) is 13.5. The van der Waals surface area contributed by atoms with Crippen molar-refractivity contribution in [1.29, 1.82) is 0 Å². The van der Waals surface area contributed by atoms with Gasteiger partial charge in [0.1, 0.15) is 5.75 Å². The standard InChI is InChI=1S/C19H18ClN3O4S/c20-12-5-6-15(24)13(11-12)19(27)22-21-17(25)7-8-18(26)23-9-10-28-16-4-2-1-3-14(16)23/h1-6,11,24H,7-10H2,(H,21,25)(H,22,27). The number of carbonyl (C=O) groups excluding carboxylic acids is 3. The molecule has 0 unspecified atom stereocenters. The van der Waals surface area contributed by atoms with Crippen molar-refractivity contribution in [3.63, 3.8) is 0 Å². The molecule has 1 aliphatic rings. The molecule has 3 amide bonds. The number of nitrogens with one attached hydrogen (secondary N) is 2. The van der Waals surface area contributed by atoms with Gasteiger partial charge in [-0.2, -0.15) is 0 Å². The number of fused-ring (bicyclic) bond motifs is 1. The Kier molecular flexibility index (Phi) is 6.43. The predicted octanol–water partition coefficient (Wildman–Crippen LogP) is 2.73. The highest BCUT2D eigenvalue weighted by atomic mass is 35.5. The van der Waals surface area contributed by atoms with Crippen LogP contribution in [0.1, 0.15) is 23.2 Å². The van der Waals surface area contributed by atoms with Gasteiger partial charge in [0, 0.05) is 35.1 Å². The van der Waals surface area contributed by atoms with E-state index >= 15 is 0 Å². The molecule has 0 saturated carbocycles. The van der Waals surface area contributed by atoms with Gasteiger partial charge in [-0.1, -0.05) is 23.7 Å². The molecule has 7 nitrogen and oxygen atoms in total. The van der Waals surface area contributed by atoms with Crippen LogP contribution in [-0.4, -0.2) is 35.1 Å². The minimum Gasteiger partial charge on any atom is -0.507 e. The first-order valence-corrected chi connectivity index (χ1v) is 9.92. The van der Waals surface area contributed by atoms with E-state index in [1.54, 1.807) is 16.7 Å². The number of hydrogen-bond acceptors (Lipinski definition) is 5. The molecule has 3 N–H and O–H groups in total. The summed E-state index contributed by atoms with van der Waals surface area (Å²) in [6.45, 7) is 0.590. The average Bonchev–Trinajstić information content (AvgIpc) is 2.71. The fraction of sp³-hybridized carbons (Fsp3) is 0.211. The molecule has 28 heavy (non-hydrogen) atoms. The Morgan fingerprint density at radius 1 is 1.11 bits per heavy atom. The van der Waals surface area contributed by atoms with Crippen molar-refractivity contribution in [2.24, 2.45) is 0 Å². The van der Waals surface area contributed by atoms with Crippen LogP contribution in [0.25, 0.3) is 0 Å². The van der Waals surface area contributed by atoms with E-state index in [4.69, 9.17) is 11.6 Å². The topological polar surface area (TPSA) is 98.7 Å². The molecule has 1 heterocycles. The number of aromatic hydroxyl groups is 1. The lowest BCUT2D eigenvalue weighted by Crippen LogP contribution is -2.42. The number of benzene rings is 2. The lowest BCUT2D eigenvalue weighted by molar-refractivity contribution is -0.125. The Morgan fingerprint density at radius 3 is 2.71 bits per heavy atom. The van der Waals surface area contributed by atoms with E-state index in [-0.39, 0.29) is 35.1 Å². The van der Waals surface area contributed by atoms with Crippen molar-refractivity contribution < 1.29 is 19.5 Å². The molecule has 2 aromatic rings. The number of carbonyl (C=O) groups is 3. The molecule has 0 fully saturated rings. The molecule has 0 aromatic heterocycles. The second-order valence-electron chi connectivity index (χ2n) is 6.03. The van der Waals surface area contributed by atoms with Crippen LogP contribution in [0.15, 0.2) is 47.4 Å². The van der Waals surface area contributed by atoms with Crippen LogP contribution in [0.5, 0.6) is 5.75 Å². The molecular formula is C19H18ClN3O4S. The van der Waals surface area contributed by atoms with Gasteiger partial charge in [0.05, 0.1) is 11.3 Å². The number of hydrogen-bond donors (Lipinski definition) is 3. The molecule has 9 heteroatoms. The SMILES string of the molecule is O=C(CCC(=O)N1CCSc2ccccc21)NNC(=O)c1cc(Cl)ccc1O. The largest absolute Gasteiger partial charge is 0.507 e. The molecule has 146 valence electrons. The first kappa shape index (κ1) is 20.0. The maximum Gasteiger partial charge on any atom is 0.273 e. The number of para-hydroxylation sites is 1. The van der Waals surface area contributed by atoms with Gasteiger partial charge in [-0.15, -0.1) is 11.8 Å². The van der Waals surface area contributed by atoms with Gasteiger partial charge in [0.15, 0.2) is 0 Å². The van der Waals surface area contributed by atoms with Gasteiger partial charge in [0.2, 0.25) is 11.8 Å². The van der Waals surface area contributed by atoms with E-state index in [2.05, 4.69) is 10.9 Å². The number of anilines is 1.